The molecule has 2 aromatic rings. The van der Waals surface area contributed by atoms with Crippen LogP contribution in [0.15, 0.2) is 48.5 Å². The van der Waals surface area contributed by atoms with Gasteiger partial charge in [-0.1, -0.05) is 24.3 Å². The molecule has 2 amide bonds. The van der Waals surface area contributed by atoms with Gasteiger partial charge in [-0.3, -0.25) is 9.59 Å². The highest BCUT2D eigenvalue weighted by atomic mass is 16.5. The summed E-state index contributed by atoms with van der Waals surface area (Å²) in [5.74, 6) is 1.94. The van der Waals surface area contributed by atoms with Crippen LogP contribution in [0, 0.1) is 5.41 Å². The van der Waals surface area contributed by atoms with Crippen LogP contribution in [0.2, 0.25) is 0 Å². The van der Waals surface area contributed by atoms with Crippen molar-refractivity contribution < 1.29 is 19.1 Å². The van der Waals surface area contributed by atoms with Crippen molar-refractivity contribution in [3.05, 3.63) is 59.7 Å². The normalized spacial score (nSPS) is 18.6. The highest BCUT2D eigenvalue weighted by molar-refractivity contribution is 5.85. The van der Waals surface area contributed by atoms with Crippen LogP contribution in [0.4, 0.5) is 0 Å². The summed E-state index contributed by atoms with van der Waals surface area (Å²) in [4.78, 5) is 28.9. The van der Waals surface area contributed by atoms with E-state index in [0.717, 1.165) is 80.9 Å². The minimum atomic E-state index is -0.209. The number of nitrogens with zero attached hydrogens (tertiary/aromatic N) is 2. The zero-order chi connectivity index (χ0) is 24.0. The van der Waals surface area contributed by atoms with Crippen molar-refractivity contribution in [1.29, 1.82) is 0 Å². The van der Waals surface area contributed by atoms with Crippen molar-refractivity contribution in [3.8, 4) is 11.5 Å². The average molecular weight is 466 g/mol. The monoisotopic (exact) mass is 465 g/mol. The standard InChI is InChI=1S/C27H35N3O4/c1-33-23-7-3-21(4-8-23)19-30-18-14-27(26(30)32)12-16-29(17-13-27)15-11-25(28-20-31)22-5-9-24(34-2)10-6-22/h3-10,20,25H,11-19H2,1-2H3,(H,28,31). The number of rotatable bonds is 10. The van der Waals surface area contributed by atoms with Gasteiger partial charge in [-0.15, -0.1) is 0 Å². The number of benzene rings is 2. The number of amides is 2. The van der Waals surface area contributed by atoms with Gasteiger partial charge in [-0.2, -0.15) is 0 Å². The Morgan fingerprint density at radius 3 is 2.12 bits per heavy atom. The first-order valence-electron chi connectivity index (χ1n) is 12.1. The third-order valence-electron chi connectivity index (χ3n) is 7.47. The van der Waals surface area contributed by atoms with Crippen molar-refractivity contribution in [2.45, 2.75) is 38.3 Å². The molecule has 1 unspecified atom stereocenters. The van der Waals surface area contributed by atoms with Crippen molar-refractivity contribution in [2.75, 3.05) is 40.4 Å². The van der Waals surface area contributed by atoms with E-state index in [1.165, 1.54) is 0 Å². The molecule has 2 saturated heterocycles. The molecule has 1 N–H and O–H groups in total. The molecule has 1 atom stereocenters. The molecule has 7 nitrogen and oxygen atoms in total. The molecule has 7 heteroatoms. The van der Waals surface area contributed by atoms with Gasteiger partial charge < -0.3 is 24.6 Å². The van der Waals surface area contributed by atoms with E-state index < -0.39 is 0 Å². The second-order valence-electron chi connectivity index (χ2n) is 9.35. The molecule has 2 aromatic carbocycles. The Morgan fingerprint density at radius 2 is 1.53 bits per heavy atom. The van der Waals surface area contributed by atoms with Gasteiger partial charge in [-0.05, 0) is 74.2 Å². The Hall–Kier alpha value is -3.06. The maximum absolute atomic E-state index is 13.3. The van der Waals surface area contributed by atoms with E-state index in [1.807, 2.05) is 53.4 Å². The lowest BCUT2D eigenvalue weighted by Gasteiger charge is -2.38. The minimum Gasteiger partial charge on any atom is -0.497 e. The van der Waals surface area contributed by atoms with Crippen LogP contribution in [0.5, 0.6) is 11.5 Å². The molecule has 1 spiro atoms. The molecule has 2 fully saturated rings. The van der Waals surface area contributed by atoms with Crippen molar-refractivity contribution in [1.82, 2.24) is 15.1 Å². The molecule has 2 aliphatic heterocycles. The highest BCUT2D eigenvalue weighted by Gasteiger charge is 2.47. The van der Waals surface area contributed by atoms with Crippen molar-refractivity contribution in [2.24, 2.45) is 5.41 Å². The quantitative estimate of drug-likeness (QED) is 0.545. The topological polar surface area (TPSA) is 71.1 Å². The van der Waals surface area contributed by atoms with Crippen LogP contribution in [0.25, 0.3) is 0 Å². The summed E-state index contributed by atoms with van der Waals surface area (Å²) in [6, 6.07) is 15.8. The lowest BCUT2D eigenvalue weighted by Crippen LogP contribution is -2.45. The lowest BCUT2D eigenvalue weighted by atomic mass is 9.77. The molecule has 2 heterocycles. The number of hydrogen-bond donors (Lipinski definition) is 1. The summed E-state index contributed by atoms with van der Waals surface area (Å²) >= 11 is 0. The van der Waals surface area contributed by atoms with Gasteiger partial charge in [0.25, 0.3) is 0 Å². The Kier molecular flexibility index (Phi) is 7.73. The predicted octanol–water partition coefficient (Wildman–Crippen LogP) is 3.40. The van der Waals surface area contributed by atoms with Crippen LogP contribution in [0.1, 0.15) is 42.9 Å². The van der Waals surface area contributed by atoms with Gasteiger partial charge in [-0.25, -0.2) is 0 Å². The van der Waals surface area contributed by atoms with Gasteiger partial charge in [0.05, 0.1) is 25.7 Å². The number of carbonyl (C=O) groups excluding carboxylic acids is 2. The molecule has 0 aromatic heterocycles. The van der Waals surface area contributed by atoms with Crippen LogP contribution in [-0.2, 0) is 16.1 Å². The molecule has 4 rings (SSSR count). The summed E-state index contributed by atoms with van der Waals surface area (Å²) in [5.41, 5.74) is 2.00. The summed E-state index contributed by atoms with van der Waals surface area (Å²) in [6.45, 7) is 4.21. The largest absolute Gasteiger partial charge is 0.497 e. The van der Waals surface area contributed by atoms with Crippen LogP contribution >= 0.6 is 0 Å². The first-order chi connectivity index (χ1) is 16.6. The lowest BCUT2D eigenvalue weighted by molar-refractivity contribution is -0.138. The van der Waals surface area contributed by atoms with Gasteiger partial charge in [0.2, 0.25) is 12.3 Å². The fraction of sp³-hybridized carbons (Fsp3) is 0.481. The molecule has 0 radical (unpaired) electrons. The molecular weight excluding hydrogens is 430 g/mol. The third-order valence-corrected chi connectivity index (χ3v) is 7.47. The highest BCUT2D eigenvalue weighted by Crippen LogP contribution is 2.42. The molecule has 34 heavy (non-hydrogen) atoms. The van der Waals surface area contributed by atoms with E-state index in [-0.39, 0.29) is 11.5 Å². The number of piperidine rings is 1. The van der Waals surface area contributed by atoms with Crippen molar-refractivity contribution >= 4 is 12.3 Å². The van der Waals surface area contributed by atoms with E-state index in [4.69, 9.17) is 9.47 Å². The summed E-state index contributed by atoms with van der Waals surface area (Å²) < 4.78 is 10.5. The summed E-state index contributed by atoms with van der Waals surface area (Å²) in [5, 5.41) is 2.95. The summed E-state index contributed by atoms with van der Waals surface area (Å²) in [6.07, 6.45) is 4.35. The Bertz CT molecular complexity index is 953. The molecule has 0 saturated carbocycles. The fourth-order valence-electron chi connectivity index (χ4n) is 5.24. The predicted molar refractivity (Wildman–Crippen MR) is 131 cm³/mol. The first kappa shape index (κ1) is 24.1. The number of hydrogen-bond acceptors (Lipinski definition) is 5. The van der Waals surface area contributed by atoms with Crippen molar-refractivity contribution in [3.63, 3.8) is 0 Å². The van der Waals surface area contributed by atoms with E-state index in [2.05, 4.69) is 10.2 Å². The van der Waals surface area contributed by atoms with Crippen LogP contribution in [0.3, 0.4) is 0 Å². The Balaban J connectivity index is 1.28. The van der Waals surface area contributed by atoms with Gasteiger partial charge in [0.15, 0.2) is 0 Å². The van der Waals surface area contributed by atoms with Crippen LogP contribution < -0.4 is 14.8 Å². The van der Waals surface area contributed by atoms with E-state index >= 15 is 0 Å². The maximum atomic E-state index is 13.3. The molecule has 0 bridgehead atoms. The average Bonchev–Trinajstić information content (AvgIpc) is 3.18. The minimum absolute atomic E-state index is 0.0348. The second kappa shape index (κ2) is 10.9. The zero-order valence-corrected chi connectivity index (χ0v) is 20.2. The SMILES string of the molecule is COc1ccc(CN2CCC3(CCN(CCC(NC=O)c4ccc(OC)cc4)CC3)C2=O)cc1. The number of nitrogens with one attached hydrogen (secondary N) is 1. The Labute approximate surface area is 202 Å². The van der Waals surface area contributed by atoms with Crippen LogP contribution in [-0.4, -0.2) is 62.5 Å². The second-order valence-corrected chi connectivity index (χ2v) is 9.35. The molecular formula is C27H35N3O4. The van der Waals surface area contributed by atoms with E-state index in [9.17, 15) is 9.59 Å². The number of carbonyl (C=O) groups is 2. The van der Waals surface area contributed by atoms with Gasteiger partial charge in [0, 0.05) is 19.6 Å². The van der Waals surface area contributed by atoms with E-state index in [1.54, 1.807) is 14.2 Å². The fourth-order valence-corrected chi connectivity index (χ4v) is 5.24. The maximum Gasteiger partial charge on any atom is 0.229 e. The van der Waals surface area contributed by atoms with E-state index in [0.29, 0.717) is 12.5 Å². The third kappa shape index (κ3) is 5.36. The molecule has 2 aliphatic rings. The molecule has 182 valence electrons. The first-order valence-corrected chi connectivity index (χ1v) is 12.1. The zero-order valence-electron chi connectivity index (χ0n) is 20.2. The van der Waals surface area contributed by atoms with Gasteiger partial charge >= 0.3 is 0 Å². The smallest absolute Gasteiger partial charge is 0.229 e. The number of methoxy groups -OCH3 is 2. The molecule has 0 aliphatic carbocycles. The van der Waals surface area contributed by atoms with Gasteiger partial charge in [0.1, 0.15) is 11.5 Å². The number of likely N-dealkylation sites (tertiary alicyclic amines) is 2. The summed E-state index contributed by atoms with van der Waals surface area (Å²) in [7, 11) is 3.31. The number of ether oxygens (including phenoxy) is 2. The Morgan fingerprint density at radius 1 is 0.941 bits per heavy atom.